The van der Waals surface area contributed by atoms with E-state index in [4.69, 9.17) is 9.47 Å². The van der Waals surface area contributed by atoms with E-state index in [0.29, 0.717) is 26.3 Å². The Kier molecular flexibility index (Phi) is 4.93. The SMILES string of the molecule is Cc1ccccc1C(=O)N1CCOC(COc2ccc3c(c2)CCC3)C1. The predicted molar refractivity (Wildman–Crippen MR) is 101 cm³/mol. The quantitative estimate of drug-likeness (QED) is 0.847. The Bertz CT molecular complexity index is 802. The largest absolute Gasteiger partial charge is 0.491 e. The van der Waals surface area contributed by atoms with Gasteiger partial charge in [0.2, 0.25) is 0 Å². The van der Waals surface area contributed by atoms with E-state index in [0.717, 1.165) is 23.3 Å². The van der Waals surface area contributed by atoms with Gasteiger partial charge in [-0.2, -0.15) is 0 Å². The van der Waals surface area contributed by atoms with Crippen molar-refractivity contribution in [2.45, 2.75) is 32.3 Å². The number of carbonyl (C=O) groups is 1. The summed E-state index contributed by atoms with van der Waals surface area (Å²) in [5.41, 5.74) is 4.63. The molecule has 0 spiro atoms. The summed E-state index contributed by atoms with van der Waals surface area (Å²) in [5, 5.41) is 0. The zero-order valence-electron chi connectivity index (χ0n) is 15.2. The third kappa shape index (κ3) is 3.61. The van der Waals surface area contributed by atoms with Crippen molar-refractivity contribution in [3.8, 4) is 5.75 Å². The number of hydrogen-bond donors (Lipinski definition) is 0. The van der Waals surface area contributed by atoms with E-state index in [1.165, 1.54) is 24.0 Å². The summed E-state index contributed by atoms with van der Waals surface area (Å²) in [7, 11) is 0. The van der Waals surface area contributed by atoms with Crippen LogP contribution in [0.5, 0.6) is 5.75 Å². The number of amides is 1. The minimum Gasteiger partial charge on any atom is -0.491 e. The third-order valence-corrected chi connectivity index (χ3v) is 5.31. The lowest BCUT2D eigenvalue weighted by Gasteiger charge is -2.33. The zero-order chi connectivity index (χ0) is 17.9. The first-order valence-electron chi connectivity index (χ1n) is 9.42. The van der Waals surface area contributed by atoms with Gasteiger partial charge in [-0.1, -0.05) is 24.3 Å². The number of ether oxygens (including phenoxy) is 2. The van der Waals surface area contributed by atoms with Gasteiger partial charge in [0.1, 0.15) is 18.5 Å². The second-order valence-corrected chi connectivity index (χ2v) is 7.15. The third-order valence-electron chi connectivity index (χ3n) is 5.31. The molecule has 0 radical (unpaired) electrons. The number of carbonyl (C=O) groups excluding carboxylic acids is 1. The van der Waals surface area contributed by atoms with Crippen molar-refractivity contribution < 1.29 is 14.3 Å². The summed E-state index contributed by atoms with van der Waals surface area (Å²) in [4.78, 5) is 14.7. The fraction of sp³-hybridized carbons (Fsp3) is 0.409. The van der Waals surface area contributed by atoms with Crippen LogP contribution in [0.4, 0.5) is 0 Å². The van der Waals surface area contributed by atoms with Crippen LogP contribution < -0.4 is 4.74 Å². The molecule has 1 fully saturated rings. The number of nitrogens with zero attached hydrogens (tertiary/aromatic N) is 1. The van der Waals surface area contributed by atoms with Gasteiger partial charge in [0, 0.05) is 12.1 Å². The highest BCUT2D eigenvalue weighted by atomic mass is 16.5. The molecule has 1 unspecified atom stereocenters. The van der Waals surface area contributed by atoms with Crippen molar-refractivity contribution >= 4 is 5.91 Å². The number of fused-ring (bicyclic) bond motifs is 1. The molecule has 0 N–H and O–H groups in total. The molecular weight excluding hydrogens is 326 g/mol. The summed E-state index contributed by atoms with van der Waals surface area (Å²) in [6.45, 7) is 4.19. The molecular formula is C22H25NO3. The van der Waals surface area contributed by atoms with Gasteiger partial charge >= 0.3 is 0 Å². The second-order valence-electron chi connectivity index (χ2n) is 7.15. The van der Waals surface area contributed by atoms with Crippen LogP contribution in [0, 0.1) is 6.92 Å². The van der Waals surface area contributed by atoms with Crippen LogP contribution in [-0.4, -0.2) is 43.2 Å². The summed E-state index contributed by atoms with van der Waals surface area (Å²) < 4.78 is 11.8. The van der Waals surface area contributed by atoms with Gasteiger partial charge in [0.25, 0.3) is 5.91 Å². The number of hydrogen-bond acceptors (Lipinski definition) is 3. The highest BCUT2D eigenvalue weighted by Crippen LogP contribution is 2.26. The van der Waals surface area contributed by atoms with Gasteiger partial charge in [-0.05, 0) is 61.1 Å². The molecule has 4 heteroatoms. The predicted octanol–water partition coefficient (Wildman–Crippen LogP) is 3.40. The average Bonchev–Trinajstić information content (AvgIpc) is 3.14. The van der Waals surface area contributed by atoms with E-state index >= 15 is 0 Å². The first-order valence-corrected chi connectivity index (χ1v) is 9.42. The van der Waals surface area contributed by atoms with Crippen LogP contribution in [0.25, 0.3) is 0 Å². The molecule has 2 aromatic rings. The van der Waals surface area contributed by atoms with Crippen molar-refractivity contribution in [3.05, 3.63) is 64.7 Å². The lowest BCUT2D eigenvalue weighted by molar-refractivity contribution is -0.0401. The molecule has 4 rings (SSSR count). The minimum atomic E-state index is -0.0926. The maximum atomic E-state index is 12.8. The van der Waals surface area contributed by atoms with Crippen LogP contribution in [0.1, 0.15) is 33.5 Å². The molecule has 0 aromatic heterocycles. The van der Waals surface area contributed by atoms with E-state index in [1.807, 2.05) is 42.2 Å². The topological polar surface area (TPSA) is 38.8 Å². The highest BCUT2D eigenvalue weighted by molar-refractivity contribution is 5.95. The van der Waals surface area contributed by atoms with Crippen LogP contribution in [0.3, 0.4) is 0 Å². The molecule has 4 nitrogen and oxygen atoms in total. The molecule has 1 aliphatic heterocycles. The Balaban J connectivity index is 1.36. The fourth-order valence-corrected chi connectivity index (χ4v) is 3.81. The first kappa shape index (κ1) is 17.1. The Labute approximate surface area is 154 Å². The van der Waals surface area contributed by atoms with E-state index < -0.39 is 0 Å². The van der Waals surface area contributed by atoms with Crippen LogP contribution in [0.15, 0.2) is 42.5 Å². The van der Waals surface area contributed by atoms with Gasteiger partial charge in [-0.15, -0.1) is 0 Å². The van der Waals surface area contributed by atoms with Crippen LogP contribution in [-0.2, 0) is 17.6 Å². The van der Waals surface area contributed by atoms with E-state index in [-0.39, 0.29) is 12.0 Å². The fourth-order valence-electron chi connectivity index (χ4n) is 3.81. The molecule has 0 saturated carbocycles. The van der Waals surface area contributed by atoms with Crippen molar-refractivity contribution in [2.75, 3.05) is 26.3 Å². The summed E-state index contributed by atoms with van der Waals surface area (Å²) >= 11 is 0. The molecule has 2 aromatic carbocycles. The minimum absolute atomic E-state index is 0.0777. The zero-order valence-corrected chi connectivity index (χ0v) is 15.2. The Morgan fingerprint density at radius 1 is 1.19 bits per heavy atom. The Hall–Kier alpha value is -2.33. The maximum absolute atomic E-state index is 12.8. The molecule has 1 atom stereocenters. The monoisotopic (exact) mass is 351 g/mol. The van der Waals surface area contributed by atoms with Crippen molar-refractivity contribution in [1.29, 1.82) is 0 Å². The van der Waals surface area contributed by atoms with E-state index in [1.54, 1.807) is 0 Å². The van der Waals surface area contributed by atoms with Gasteiger partial charge in [0.05, 0.1) is 13.2 Å². The van der Waals surface area contributed by atoms with Gasteiger partial charge < -0.3 is 14.4 Å². The van der Waals surface area contributed by atoms with E-state index in [2.05, 4.69) is 12.1 Å². The summed E-state index contributed by atoms with van der Waals surface area (Å²) in [6.07, 6.45) is 3.47. The van der Waals surface area contributed by atoms with Crippen molar-refractivity contribution in [1.82, 2.24) is 4.90 Å². The molecule has 26 heavy (non-hydrogen) atoms. The first-order chi connectivity index (χ1) is 12.7. The molecule has 1 aliphatic carbocycles. The summed E-state index contributed by atoms with van der Waals surface area (Å²) in [5.74, 6) is 0.977. The van der Waals surface area contributed by atoms with E-state index in [9.17, 15) is 4.79 Å². The molecule has 1 amide bonds. The van der Waals surface area contributed by atoms with Crippen molar-refractivity contribution in [3.63, 3.8) is 0 Å². The Morgan fingerprint density at radius 3 is 2.92 bits per heavy atom. The molecule has 2 aliphatic rings. The number of rotatable bonds is 4. The van der Waals surface area contributed by atoms with Crippen LogP contribution >= 0.6 is 0 Å². The second kappa shape index (κ2) is 7.50. The Morgan fingerprint density at radius 2 is 2.04 bits per heavy atom. The molecule has 0 bridgehead atoms. The van der Waals surface area contributed by atoms with Gasteiger partial charge in [-0.25, -0.2) is 0 Å². The van der Waals surface area contributed by atoms with Crippen molar-refractivity contribution in [2.24, 2.45) is 0 Å². The highest BCUT2D eigenvalue weighted by Gasteiger charge is 2.26. The number of benzene rings is 2. The smallest absolute Gasteiger partial charge is 0.254 e. The van der Waals surface area contributed by atoms with Crippen LogP contribution in [0.2, 0.25) is 0 Å². The van der Waals surface area contributed by atoms with Gasteiger partial charge in [0.15, 0.2) is 0 Å². The van der Waals surface area contributed by atoms with Gasteiger partial charge in [-0.3, -0.25) is 4.79 Å². The number of morpholine rings is 1. The molecule has 136 valence electrons. The maximum Gasteiger partial charge on any atom is 0.254 e. The molecule has 1 saturated heterocycles. The standard InChI is InChI=1S/C22H25NO3/c1-16-5-2-3-8-21(16)22(24)23-11-12-25-20(14-23)15-26-19-10-9-17-6-4-7-18(17)13-19/h2-3,5,8-10,13,20H,4,6-7,11-12,14-15H2,1H3. The summed E-state index contributed by atoms with van der Waals surface area (Å²) in [6, 6.07) is 14.1. The normalized spacial score (nSPS) is 19.3. The average molecular weight is 351 g/mol. The molecule has 1 heterocycles. The lowest BCUT2D eigenvalue weighted by atomic mass is 10.1. The number of aryl methyl sites for hydroxylation is 3. The lowest BCUT2D eigenvalue weighted by Crippen LogP contribution is -2.47.